The molecule has 7 N–H and O–H groups in total. The molecule has 2 atom stereocenters. The van der Waals surface area contributed by atoms with Crippen molar-refractivity contribution in [2.45, 2.75) is 61.4 Å². The highest BCUT2D eigenvalue weighted by Gasteiger charge is 2.68. The van der Waals surface area contributed by atoms with Crippen molar-refractivity contribution in [3.8, 4) is 17.0 Å². The van der Waals surface area contributed by atoms with E-state index in [9.17, 15) is 42.2 Å². The molecule has 8 rings (SSSR count). The highest BCUT2D eigenvalue weighted by atomic mass is 19.4. The van der Waals surface area contributed by atoms with Crippen molar-refractivity contribution in [1.29, 1.82) is 0 Å². The van der Waals surface area contributed by atoms with Gasteiger partial charge in [-0.25, -0.2) is 14.2 Å². The minimum atomic E-state index is -5.42. The number of rotatable bonds is 8. The molecule has 2 aromatic heterocycles. The van der Waals surface area contributed by atoms with Crippen molar-refractivity contribution in [2.24, 2.45) is 5.73 Å². The monoisotopic (exact) mass is 708 g/mol. The van der Waals surface area contributed by atoms with Crippen LogP contribution in [-0.4, -0.2) is 68.5 Å². The third-order valence-electron chi connectivity index (χ3n) is 9.94. The zero-order chi connectivity index (χ0) is 36.7. The van der Waals surface area contributed by atoms with Gasteiger partial charge in [-0.15, -0.1) is 0 Å². The van der Waals surface area contributed by atoms with Gasteiger partial charge in [-0.3, -0.25) is 14.6 Å². The molecule has 4 aromatic rings. The minimum absolute atomic E-state index is 0.0609. The predicted molar refractivity (Wildman–Crippen MR) is 174 cm³/mol. The van der Waals surface area contributed by atoms with Gasteiger partial charge in [0.05, 0.1) is 34.6 Å². The van der Waals surface area contributed by atoms with Crippen LogP contribution < -0.4 is 26.4 Å². The molecule has 3 heterocycles. The summed E-state index contributed by atoms with van der Waals surface area (Å²) in [6, 6.07) is 9.17. The molecule has 3 fully saturated rings. The number of pyridine rings is 2. The molecule has 2 aromatic carbocycles. The number of carbonyl (C=O) groups excluding carboxylic acids is 3. The third-order valence-corrected chi connectivity index (χ3v) is 9.94. The Hall–Kier alpha value is -5.35. The molecule has 0 radical (unpaired) electrons. The van der Waals surface area contributed by atoms with E-state index in [1.54, 1.807) is 19.2 Å². The number of carbonyl (C=O) groups is 3. The maximum Gasteiger partial charge on any atom is 0.424 e. The fourth-order valence-corrected chi connectivity index (χ4v) is 7.10. The number of aliphatic hydroxyl groups is 2. The van der Waals surface area contributed by atoms with E-state index in [2.05, 4.69) is 25.9 Å². The summed E-state index contributed by atoms with van der Waals surface area (Å²) in [5.41, 5.74) is -1.25. The van der Waals surface area contributed by atoms with Gasteiger partial charge in [0.2, 0.25) is 11.5 Å². The zero-order valence-corrected chi connectivity index (χ0v) is 27.2. The molecule has 12 nitrogen and oxygen atoms in total. The number of ether oxygens (including phenoxy) is 1. The Bertz CT molecular complexity index is 2120. The van der Waals surface area contributed by atoms with Crippen molar-refractivity contribution < 1.29 is 46.9 Å². The van der Waals surface area contributed by atoms with E-state index in [0.717, 1.165) is 18.2 Å². The largest absolute Gasteiger partial charge is 0.489 e. The van der Waals surface area contributed by atoms with Gasteiger partial charge in [-0.1, -0.05) is 0 Å². The Labute approximate surface area is 287 Å². The fraction of sp³-hybridized carbons (Fsp3) is 0.343. The number of aromatic nitrogens is 2. The van der Waals surface area contributed by atoms with Crippen LogP contribution in [0.2, 0.25) is 0 Å². The van der Waals surface area contributed by atoms with Crippen molar-refractivity contribution >= 4 is 34.4 Å². The van der Waals surface area contributed by atoms with E-state index in [-0.39, 0.29) is 40.4 Å². The maximum absolute atomic E-state index is 14.9. The molecule has 4 amide bonds. The standard InChI is InChI=1S/C35H32F4N6O6/c1-17-7-19-8-20(9-23(25(19)41-11-17)43-30(48)45-32-12-33(49,13-32)14-32)28(46)42-15-34(50,35(37,38)39)24-10-22-27(51-16-31(22,2)29(40)47)26(44-24)18-3-5-21(36)6-4-18/h3-11,49-50H,12-16H2,1-2H3,(H2,40,47)(H,42,46)(H2,43,45,48)/t31-,32?,33?,34-/m0/s1. The van der Waals surface area contributed by atoms with Crippen molar-refractivity contribution in [3.63, 3.8) is 0 Å². The van der Waals surface area contributed by atoms with Crippen LogP contribution in [0.1, 0.15) is 53.4 Å². The van der Waals surface area contributed by atoms with Gasteiger partial charge in [-0.2, -0.15) is 13.2 Å². The number of anilines is 1. The lowest BCUT2D eigenvalue weighted by Crippen LogP contribution is -2.78. The zero-order valence-electron chi connectivity index (χ0n) is 27.2. The van der Waals surface area contributed by atoms with Crippen LogP contribution in [0.5, 0.6) is 5.75 Å². The SMILES string of the molecule is Cc1cnc2c(NC(=O)NC34CC(O)(C3)C4)cc(C(=O)NC[C@](O)(c3cc4c(c(-c5ccc(F)cc5)n3)OC[C@]4(C)C(N)=O)C(F)(F)F)cc2c1. The molecule has 3 aliphatic carbocycles. The summed E-state index contributed by atoms with van der Waals surface area (Å²) < 4.78 is 64.1. The molecule has 16 heteroatoms. The molecular weight excluding hydrogens is 676 g/mol. The van der Waals surface area contributed by atoms with E-state index >= 15 is 0 Å². The number of hydrogen-bond acceptors (Lipinski definition) is 8. The first-order chi connectivity index (χ1) is 23.8. The minimum Gasteiger partial charge on any atom is -0.489 e. The summed E-state index contributed by atoms with van der Waals surface area (Å²) in [6.07, 6.45) is -2.64. The molecule has 3 saturated carbocycles. The topological polar surface area (TPSA) is 189 Å². The summed E-state index contributed by atoms with van der Waals surface area (Å²) in [4.78, 5) is 47.4. The van der Waals surface area contributed by atoms with Gasteiger partial charge in [0, 0.05) is 28.3 Å². The highest BCUT2D eigenvalue weighted by Crippen LogP contribution is 2.60. The van der Waals surface area contributed by atoms with Crippen molar-refractivity contribution in [3.05, 3.63) is 82.9 Å². The summed E-state index contributed by atoms with van der Waals surface area (Å²) in [5.74, 6) is -2.63. The third kappa shape index (κ3) is 5.67. The average molecular weight is 709 g/mol. The van der Waals surface area contributed by atoms with Gasteiger partial charge >= 0.3 is 12.2 Å². The number of nitrogens with zero attached hydrogens (tertiary/aromatic N) is 2. The highest BCUT2D eigenvalue weighted by molar-refractivity contribution is 6.06. The number of amides is 4. The first-order valence-corrected chi connectivity index (χ1v) is 15.9. The van der Waals surface area contributed by atoms with Gasteiger partial charge in [0.1, 0.15) is 29.3 Å². The van der Waals surface area contributed by atoms with Crippen LogP contribution in [0.3, 0.4) is 0 Å². The summed E-state index contributed by atoms with van der Waals surface area (Å²) in [7, 11) is 0. The number of fused-ring (bicyclic) bond motifs is 2. The van der Waals surface area contributed by atoms with Gasteiger partial charge in [0.15, 0.2) is 0 Å². The van der Waals surface area contributed by atoms with Gasteiger partial charge in [0.25, 0.3) is 5.91 Å². The first kappa shape index (κ1) is 34.1. The second-order valence-corrected chi connectivity index (χ2v) is 14.0. The second kappa shape index (κ2) is 11.3. The molecular formula is C35H32F4N6O6. The quantitative estimate of drug-likeness (QED) is 0.149. The number of urea groups is 1. The lowest BCUT2D eigenvalue weighted by Gasteiger charge is -2.67. The summed E-state index contributed by atoms with van der Waals surface area (Å²) >= 11 is 0. The molecule has 4 aliphatic rings. The van der Waals surface area contributed by atoms with E-state index in [1.165, 1.54) is 31.2 Å². The molecule has 0 unspecified atom stereocenters. The molecule has 0 spiro atoms. The van der Waals surface area contributed by atoms with Gasteiger partial charge in [-0.05, 0) is 87.2 Å². The van der Waals surface area contributed by atoms with E-state index in [4.69, 9.17) is 10.5 Å². The summed E-state index contributed by atoms with van der Waals surface area (Å²) in [5, 5.41) is 29.5. The number of benzene rings is 2. The normalized spacial score (nSPS) is 24.3. The average Bonchev–Trinajstić information content (AvgIpc) is 3.39. The molecule has 51 heavy (non-hydrogen) atoms. The number of halogens is 4. The molecule has 0 saturated heterocycles. The van der Waals surface area contributed by atoms with E-state index in [1.807, 2.05) is 0 Å². The molecule has 2 bridgehead atoms. The van der Waals surface area contributed by atoms with E-state index in [0.29, 0.717) is 35.7 Å². The van der Waals surface area contributed by atoms with Gasteiger partial charge < -0.3 is 36.6 Å². The fourth-order valence-electron chi connectivity index (χ4n) is 7.10. The summed E-state index contributed by atoms with van der Waals surface area (Å²) in [6.45, 7) is 1.37. The first-order valence-electron chi connectivity index (χ1n) is 15.9. The van der Waals surface area contributed by atoms with Crippen molar-refractivity contribution in [1.82, 2.24) is 20.6 Å². The van der Waals surface area contributed by atoms with Crippen LogP contribution in [0.4, 0.5) is 28.0 Å². The number of nitrogens with one attached hydrogen (secondary N) is 3. The number of hydrogen-bond donors (Lipinski definition) is 6. The smallest absolute Gasteiger partial charge is 0.424 e. The van der Waals surface area contributed by atoms with Crippen LogP contribution >= 0.6 is 0 Å². The predicted octanol–water partition coefficient (Wildman–Crippen LogP) is 3.85. The molecule has 1 aliphatic heterocycles. The molecule has 266 valence electrons. The van der Waals surface area contributed by atoms with Crippen molar-refractivity contribution in [2.75, 3.05) is 18.5 Å². The Morgan fingerprint density at radius 1 is 1.06 bits per heavy atom. The number of primary amides is 1. The number of aryl methyl sites for hydroxylation is 1. The Kier molecular flexibility index (Phi) is 7.58. The Morgan fingerprint density at radius 2 is 1.75 bits per heavy atom. The number of alkyl halides is 3. The lowest BCUT2D eigenvalue weighted by molar-refractivity contribution is -0.265. The van der Waals surface area contributed by atoms with Crippen LogP contribution in [0.25, 0.3) is 22.2 Å². The maximum atomic E-state index is 14.9. The van der Waals surface area contributed by atoms with E-state index < -0.39 is 64.2 Å². The Balaban J connectivity index is 1.22. The lowest BCUT2D eigenvalue weighted by atomic mass is 9.46. The van der Waals surface area contributed by atoms with Crippen LogP contribution in [-0.2, 0) is 15.8 Å². The van der Waals surface area contributed by atoms with Crippen LogP contribution in [0, 0.1) is 12.7 Å². The Morgan fingerprint density at radius 3 is 2.37 bits per heavy atom. The number of nitrogens with two attached hydrogens (primary N) is 1. The second-order valence-electron chi connectivity index (χ2n) is 14.0. The van der Waals surface area contributed by atoms with Crippen LogP contribution in [0.15, 0.2) is 54.7 Å².